The largest absolute Gasteiger partial charge is 0.497 e. The van der Waals surface area contributed by atoms with E-state index in [4.69, 9.17) is 14.2 Å². The summed E-state index contributed by atoms with van der Waals surface area (Å²) in [6, 6.07) is 10.8. The number of fused-ring (bicyclic) bond motifs is 2. The third-order valence-corrected chi connectivity index (χ3v) is 4.50. The minimum Gasteiger partial charge on any atom is -0.497 e. The molecular weight excluding hydrogens is 290 g/mol. The second kappa shape index (κ2) is 5.78. The van der Waals surface area contributed by atoms with E-state index in [1.54, 1.807) is 7.11 Å². The van der Waals surface area contributed by atoms with Crippen molar-refractivity contribution in [3.8, 4) is 17.2 Å². The van der Waals surface area contributed by atoms with Crippen LogP contribution in [0.4, 0.5) is 0 Å². The Hall–Kier alpha value is -2.20. The summed E-state index contributed by atoms with van der Waals surface area (Å²) < 4.78 is 16.9. The Morgan fingerprint density at radius 3 is 2.61 bits per heavy atom. The van der Waals surface area contributed by atoms with E-state index < -0.39 is 0 Å². The van der Waals surface area contributed by atoms with Crippen LogP contribution in [0.1, 0.15) is 28.3 Å². The summed E-state index contributed by atoms with van der Waals surface area (Å²) in [5.41, 5.74) is 5.02. The summed E-state index contributed by atoms with van der Waals surface area (Å²) in [7, 11) is 1.71. The Balaban J connectivity index is 1.79. The predicted molar refractivity (Wildman–Crippen MR) is 88.7 cm³/mol. The summed E-state index contributed by atoms with van der Waals surface area (Å²) in [5, 5.41) is 3.62. The summed E-state index contributed by atoms with van der Waals surface area (Å²) >= 11 is 0. The van der Waals surface area contributed by atoms with Crippen molar-refractivity contribution in [1.29, 1.82) is 0 Å². The van der Waals surface area contributed by atoms with Gasteiger partial charge >= 0.3 is 0 Å². The highest BCUT2D eigenvalue weighted by Crippen LogP contribution is 2.39. The first-order valence-electron chi connectivity index (χ1n) is 8.06. The molecule has 0 amide bonds. The van der Waals surface area contributed by atoms with Crippen LogP contribution in [0.3, 0.4) is 0 Å². The number of methoxy groups -OCH3 is 1. The zero-order valence-corrected chi connectivity index (χ0v) is 13.5. The lowest BCUT2D eigenvalue weighted by molar-refractivity contribution is 0.171. The highest BCUT2D eigenvalue weighted by molar-refractivity contribution is 5.53. The molecule has 1 atom stereocenters. The van der Waals surface area contributed by atoms with E-state index in [0.717, 1.165) is 30.2 Å². The van der Waals surface area contributed by atoms with Gasteiger partial charge in [0, 0.05) is 6.54 Å². The van der Waals surface area contributed by atoms with Crippen LogP contribution in [-0.4, -0.2) is 26.9 Å². The van der Waals surface area contributed by atoms with Crippen LogP contribution in [0.5, 0.6) is 17.2 Å². The van der Waals surface area contributed by atoms with E-state index in [1.165, 1.54) is 22.3 Å². The maximum Gasteiger partial charge on any atom is 0.161 e. The van der Waals surface area contributed by atoms with Crippen molar-refractivity contribution in [2.45, 2.75) is 19.4 Å². The van der Waals surface area contributed by atoms with Gasteiger partial charge in [0.2, 0.25) is 0 Å². The zero-order chi connectivity index (χ0) is 15.8. The van der Waals surface area contributed by atoms with Crippen molar-refractivity contribution in [2.24, 2.45) is 0 Å². The van der Waals surface area contributed by atoms with E-state index in [-0.39, 0.29) is 6.04 Å². The smallest absolute Gasteiger partial charge is 0.161 e. The van der Waals surface area contributed by atoms with Gasteiger partial charge in [-0.3, -0.25) is 0 Å². The average Bonchev–Trinajstić information content (AvgIpc) is 2.58. The quantitative estimate of drug-likeness (QED) is 0.925. The molecule has 2 aliphatic rings. The molecule has 2 aliphatic heterocycles. The van der Waals surface area contributed by atoms with Crippen molar-refractivity contribution in [3.63, 3.8) is 0 Å². The number of nitrogens with one attached hydrogen (secondary N) is 1. The standard InChI is InChI=1S/C19H21NO3/c1-12-7-14(9-15(8-12)21-2)19-16-11-18-17(22-5-6-23-18)10-13(16)3-4-20-19/h7-11,19-20H,3-6H2,1-2H3. The first-order valence-corrected chi connectivity index (χ1v) is 8.06. The van der Waals surface area contributed by atoms with Crippen molar-refractivity contribution >= 4 is 0 Å². The number of hydrogen-bond donors (Lipinski definition) is 1. The molecule has 0 spiro atoms. The second-order valence-corrected chi connectivity index (χ2v) is 6.12. The summed E-state index contributed by atoms with van der Waals surface area (Å²) in [5.74, 6) is 2.62. The van der Waals surface area contributed by atoms with Crippen LogP contribution in [0.2, 0.25) is 0 Å². The third kappa shape index (κ3) is 2.63. The van der Waals surface area contributed by atoms with Gasteiger partial charge in [-0.25, -0.2) is 0 Å². The van der Waals surface area contributed by atoms with Gasteiger partial charge in [-0.15, -0.1) is 0 Å². The molecule has 0 saturated heterocycles. The normalized spacial score (nSPS) is 19.1. The van der Waals surface area contributed by atoms with Crippen molar-refractivity contribution < 1.29 is 14.2 Å². The molecule has 2 aromatic rings. The second-order valence-electron chi connectivity index (χ2n) is 6.12. The van der Waals surface area contributed by atoms with E-state index in [2.05, 4.69) is 42.6 Å². The van der Waals surface area contributed by atoms with E-state index in [0.29, 0.717) is 13.2 Å². The summed E-state index contributed by atoms with van der Waals surface area (Å²) in [6.07, 6.45) is 1.01. The Morgan fingerprint density at radius 1 is 1.04 bits per heavy atom. The van der Waals surface area contributed by atoms with Crippen LogP contribution in [0.15, 0.2) is 30.3 Å². The van der Waals surface area contributed by atoms with Crippen LogP contribution < -0.4 is 19.5 Å². The van der Waals surface area contributed by atoms with Gasteiger partial charge in [0.05, 0.1) is 13.2 Å². The highest BCUT2D eigenvalue weighted by Gasteiger charge is 2.25. The number of rotatable bonds is 2. The molecular formula is C19H21NO3. The van der Waals surface area contributed by atoms with Gasteiger partial charge in [0.25, 0.3) is 0 Å². The SMILES string of the molecule is COc1cc(C)cc(C2NCCc3cc4c(cc32)OCCO4)c1. The van der Waals surface area contributed by atoms with Gasteiger partial charge in [0.1, 0.15) is 19.0 Å². The maximum absolute atomic E-state index is 5.76. The molecule has 1 unspecified atom stereocenters. The molecule has 2 aromatic carbocycles. The topological polar surface area (TPSA) is 39.7 Å². The molecule has 1 N–H and O–H groups in total. The predicted octanol–water partition coefficient (Wildman–Crippen LogP) is 3.01. The molecule has 0 saturated carbocycles. The molecule has 4 heteroatoms. The third-order valence-electron chi connectivity index (χ3n) is 4.50. The minimum atomic E-state index is 0.156. The molecule has 0 bridgehead atoms. The molecule has 4 rings (SSSR count). The van der Waals surface area contributed by atoms with Crippen molar-refractivity contribution in [3.05, 3.63) is 52.6 Å². The molecule has 23 heavy (non-hydrogen) atoms. The molecule has 2 heterocycles. The molecule has 0 aliphatic carbocycles. The Labute approximate surface area is 136 Å². The lowest BCUT2D eigenvalue weighted by Crippen LogP contribution is -2.31. The molecule has 0 aromatic heterocycles. The van der Waals surface area contributed by atoms with E-state index in [9.17, 15) is 0 Å². The van der Waals surface area contributed by atoms with Gasteiger partial charge in [0.15, 0.2) is 11.5 Å². The number of hydrogen-bond acceptors (Lipinski definition) is 4. The first-order chi connectivity index (χ1) is 11.2. The molecule has 120 valence electrons. The molecule has 0 fully saturated rings. The average molecular weight is 311 g/mol. The monoisotopic (exact) mass is 311 g/mol. The van der Waals surface area contributed by atoms with E-state index >= 15 is 0 Å². The molecule has 4 nitrogen and oxygen atoms in total. The summed E-state index contributed by atoms with van der Waals surface area (Å²) in [4.78, 5) is 0. The Morgan fingerprint density at radius 2 is 1.83 bits per heavy atom. The van der Waals surface area contributed by atoms with Crippen molar-refractivity contribution in [1.82, 2.24) is 5.32 Å². The van der Waals surface area contributed by atoms with Crippen LogP contribution in [0, 0.1) is 6.92 Å². The fourth-order valence-corrected chi connectivity index (χ4v) is 3.45. The lowest BCUT2D eigenvalue weighted by Gasteiger charge is -2.30. The van der Waals surface area contributed by atoms with Gasteiger partial charge in [-0.05, 0) is 59.9 Å². The minimum absolute atomic E-state index is 0.156. The van der Waals surface area contributed by atoms with Gasteiger partial charge in [-0.1, -0.05) is 6.07 Å². The van der Waals surface area contributed by atoms with Crippen molar-refractivity contribution in [2.75, 3.05) is 26.9 Å². The van der Waals surface area contributed by atoms with E-state index in [1.807, 2.05) is 0 Å². The highest BCUT2D eigenvalue weighted by atomic mass is 16.6. The molecule has 0 radical (unpaired) electrons. The number of ether oxygens (including phenoxy) is 3. The Bertz CT molecular complexity index is 742. The Kier molecular flexibility index (Phi) is 3.62. The number of benzene rings is 2. The first kappa shape index (κ1) is 14.4. The van der Waals surface area contributed by atoms with Crippen LogP contribution in [0.25, 0.3) is 0 Å². The van der Waals surface area contributed by atoms with Gasteiger partial charge in [-0.2, -0.15) is 0 Å². The maximum atomic E-state index is 5.76. The van der Waals surface area contributed by atoms with Crippen LogP contribution >= 0.6 is 0 Å². The van der Waals surface area contributed by atoms with Gasteiger partial charge < -0.3 is 19.5 Å². The zero-order valence-electron chi connectivity index (χ0n) is 13.5. The number of aryl methyl sites for hydroxylation is 1. The summed E-state index contributed by atoms with van der Waals surface area (Å²) in [6.45, 7) is 4.29. The fraction of sp³-hybridized carbons (Fsp3) is 0.368. The van der Waals surface area contributed by atoms with Crippen LogP contribution in [-0.2, 0) is 6.42 Å². The lowest BCUT2D eigenvalue weighted by atomic mass is 9.88. The fourth-order valence-electron chi connectivity index (χ4n) is 3.45.